The van der Waals surface area contributed by atoms with Crippen molar-refractivity contribution in [2.75, 3.05) is 32.7 Å². The van der Waals surface area contributed by atoms with Crippen molar-refractivity contribution in [2.45, 2.75) is 76.8 Å². The number of rotatable bonds is 9. The number of pyridine rings is 1. The Balaban J connectivity index is 1.27. The first-order valence-electron chi connectivity index (χ1n) is 14.6. The zero-order chi connectivity index (χ0) is 32.0. The van der Waals surface area contributed by atoms with Crippen molar-refractivity contribution in [3.63, 3.8) is 0 Å². The number of urea groups is 1. The maximum atomic E-state index is 13.5. The van der Waals surface area contributed by atoms with Gasteiger partial charge in [-0.05, 0) is 80.0 Å². The number of aromatic nitrogens is 1. The highest BCUT2D eigenvalue weighted by Gasteiger charge is 2.43. The van der Waals surface area contributed by atoms with Gasteiger partial charge >= 0.3 is 18.1 Å². The van der Waals surface area contributed by atoms with Gasteiger partial charge in [0, 0.05) is 57.4 Å². The topological polar surface area (TPSA) is 97.9 Å². The van der Waals surface area contributed by atoms with Crippen molar-refractivity contribution in [3.8, 4) is 0 Å². The van der Waals surface area contributed by atoms with Gasteiger partial charge in [0.05, 0.1) is 5.56 Å². The Kier molecular flexibility index (Phi) is 11.8. The Morgan fingerprint density at radius 2 is 1.82 bits per heavy atom. The van der Waals surface area contributed by atoms with E-state index in [-0.39, 0.29) is 66.3 Å². The maximum absolute atomic E-state index is 13.5. The number of carbonyl (C=O) groups is 3. The number of halogens is 5. The summed E-state index contributed by atoms with van der Waals surface area (Å²) in [7, 11) is 0. The Labute approximate surface area is 269 Å². The van der Waals surface area contributed by atoms with Crippen LogP contribution in [-0.2, 0) is 11.3 Å². The number of likely N-dealkylation sites (tertiary alicyclic amines) is 2. The standard InChI is InChI=1S/C29H37Cl2F3N6O3S/c1-18-15-23(30)37-25(31)24(18)26(41)35-9-3-19(2)38-12-6-22(7-13-38)40(16-20-8-14-44-17-20)28(43)36-21-4-10-39(11-5-21)27(42)29(32,33)34/h8,14-15,17,19,21-22H,3-7,9-13,16H2,1-2H3,(H,35,41)(H,36,43). The number of hydrogen-bond donors (Lipinski definition) is 2. The lowest BCUT2D eigenvalue weighted by Gasteiger charge is -2.41. The lowest BCUT2D eigenvalue weighted by atomic mass is 10.00. The molecule has 2 aromatic heterocycles. The van der Waals surface area contributed by atoms with Gasteiger partial charge in [0.25, 0.3) is 5.91 Å². The second-order valence-electron chi connectivity index (χ2n) is 11.4. The van der Waals surface area contributed by atoms with Gasteiger partial charge in [-0.25, -0.2) is 9.78 Å². The number of hydrogen-bond acceptors (Lipinski definition) is 6. The molecule has 2 aliphatic heterocycles. The summed E-state index contributed by atoms with van der Waals surface area (Å²) in [5, 5.41) is 10.2. The first-order valence-corrected chi connectivity index (χ1v) is 16.3. The second kappa shape index (κ2) is 15.1. The van der Waals surface area contributed by atoms with Crippen molar-refractivity contribution in [2.24, 2.45) is 0 Å². The Hall–Kier alpha value is -2.61. The molecule has 9 nitrogen and oxygen atoms in total. The molecule has 0 spiro atoms. The summed E-state index contributed by atoms with van der Waals surface area (Å²) >= 11 is 13.6. The quantitative estimate of drug-likeness (QED) is 0.342. The molecule has 2 fully saturated rings. The minimum Gasteiger partial charge on any atom is -0.352 e. The molecule has 15 heteroatoms. The van der Waals surface area contributed by atoms with Gasteiger partial charge in [-0.1, -0.05) is 23.2 Å². The van der Waals surface area contributed by atoms with E-state index in [4.69, 9.17) is 23.2 Å². The Morgan fingerprint density at radius 1 is 1.14 bits per heavy atom. The average molecular weight is 678 g/mol. The van der Waals surface area contributed by atoms with Crippen LogP contribution in [0.2, 0.25) is 10.3 Å². The number of nitrogens with one attached hydrogen (secondary N) is 2. The van der Waals surface area contributed by atoms with Crippen molar-refractivity contribution in [1.82, 2.24) is 30.3 Å². The van der Waals surface area contributed by atoms with Gasteiger partial charge < -0.3 is 25.3 Å². The zero-order valence-corrected chi connectivity index (χ0v) is 27.0. The number of carbonyl (C=O) groups excluding carboxylic acids is 3. The summed E-state index contributed by atoms with van der Waals surface area (Å²) in [6, 6.07) is 3.22. The third-order valence-electron chi connectivity index (χ3n) is 8.33. The van der Waals surface area contributed by atoms with Crippen LogP contribution in [0.3, 0.4) is 0 Å². The predicted molar refractivity (Wildman–Crippen MR) is 164 cm³/mol. The molecule has 2 N–H and O–H groups in total. The molecule has 0 radical (unpaired) electrons. The third kappa shape index (κ3) is 8.98. The third-order valence-corrected chi connectivity index (χ3v) is 9.52. The Morgan fingerprint density at radius 3 is 2.41 bits per heavy atom. The molecule has 2 aromatic rings. The van der Waals surface area contributed by atoms with Gasteiger partial charge in [-0.2, -0.15) is 24.5 Å². The van der Waals surface area contributed by atoms with E-state index in [9.17, 15) is 27.6 Å². The SMILES string of the molecule is Cc1cc(Cl)nc(Cl)c1C(=O)NCCC(C)N1CCC(N(Cc2ccsc2)C(=O)NC2CCN(C(=O)C(F)(F)F)CC2)CC1. The maximum Gasteiger partial charge on any atom is 0.471 e. The highest BCUT2D eigenvalue weighted by atomic mass is 35.5. The first kappa shape index (κ1) is 34.3. The molecule has 4 amide bonds. The van der Waals surface area contributed by atoms with E-state index in [1.165, 1.54) is 0 Å². The molecule has 0 saturated carbocycles. The molecular weight excluding hydrogens is 640 g/mol. The molecule has 4 heterocycles. The fourth-order valence-electron chi connectivity index (χ4n) is 5.78. The largest absolute Gasteiger partial charge is 0.471 e. The van der Waals surface area contributed by atoms with Crippen LogP contribution in [0.4, 0.5) is 18.0 Å². The van der Waals surface area contributed by atoms with Crippen LogP contribution in [0.15, 0.2) is 22.9 Å². The summed E-state index contributed by atoms with van der Waals surface area (Å²) in [5.74, 6) is -2.13. The van der Waals surface area contributed by atoms with E-state index in [1.807, 2.05) is 21.7 Å². The molecular formula is C29H37Cl2F3N6O3S. The number of thiophene rings is 1. The van der Waals surface area contributed by atoms with Crippen molar-refractivity contribution < 1.29 is 27.6 Å². The van der Waals surface area contributed by atoms with Crippen molar-refractivity contribution in [1.29, 1.82) is 0 Å². The van der Waals surface area contributed by atoms with E-state index in [0.717, 1.165) is 42.8 Å². The minimum absolute atomic E-state index is 0.00697. The number of aryl methyl sites for hydroxylation is 1. The number of nitrogens with zero attached hydrogens (tertiary/aromatic N) is 4. The average Bonchev–Trinajstić information content (AvgIpc) is 3.48. The predicted octanol–water partition coefficient (Wildman–Crippen LogP) is 5.50. The molecule has 2 saturated heterocycles. The van der Waals surface area contributed by atoms with Crippen molar-refractivity contribution >= 4 is 52.4 Å². The molecule has 1 atom stereocenters. The molecule has 2 aliphatic rings. The highest BCUT2D eigenvalue weighted by molar-refractivity contribution is 7.07. The van der Waals surface area contributed by atoms with Crippen LogP contribution < -0.4 is 10.6 Å². The van der Waals surface area contributed by atoms with Gasteiger partial charge in [-0.15, -0.1) is 0 Å². The normalized spacial score (nSPS) is 17.8. The van der Waals surface area contributed by atoms with E-state index < -0.39 is 12.1 Å². The Bertz CT molecular complexity index is 1280. The van der Waals surface area contributed by atoms with E-state index >= 15 is 0 Å². The summed E-state index contributed by atoms with van der Waals surface area (Å²) in [6.45, 7) is 6.22. The van der Waals surface area contributed by atoms with Crippen molar-refractivity contribution in [3.05, 3.63) is 49.9 Å². The number of piperidine rings is 2. The van der Waals surface area contributed by atoms with Gasteiger partial charge in [0.1, 0.15) is 10.3 Å². The number of amides is 4. The van der Waals surface area contributed by atoms with Crippen LogP contribution >= 0.6 is 34.5 Å². The summed E-state index contributed by atoms with van der Waals surface area (Å²) in [5.41, 5.74) is 1.99. The summed E-state index contributed by atoms with van der Waals surface area (Å²) in [6.07, 6.45) is -2.10. The van der Waals surface area contributed by atoms with E-state index in [0.29, 0.717) is 24.2 Å². The van der Waals surface area contributed by atoms with Gasteiger partial charge in [0.15, 0.2) is 0 Å². The molecule has 44 heavy (non-hydrogen) atoms. The van der Waals surface area contributed by atoms with Crippen LogP contribution in [-0.4, -0.2) is 94.6 Å². The molecule has 1 unspecified atom stereocenters. The first-order chi connectivity index (χ1) is 20.8. The molecule has 242 valence electrons. The van der Waals surface area contributed by atoms with Crippen LogP contribution in [0.25, 0.3) is 0 Å². The zero-order valence-electron chi connectivity index (χ0n) is 24.6. The highest BCUT2D eigenvalue weighted by Crippen LogP contribution is 2.25. The lowest BCUT2D eigenvalue weighted by Crippen LogP contribution is -2.55. The molecule has 0 bridgehead atoms. The number of alkyl halides is 3. The molecule has 4 rings (SSSR count). The lowest BCUT2D eigenvalue weighted by molar-refractivity contribution is -0.186. The summed E-state index contributed by atoms with van der Waals surface area (Å²) in [4.78, 5) is 46.7. The van der Waals surface area contributed by atoms with Crippen LogP contribution in [0.5, 0.6) is 0 Å². The van der Waals surface area contributed by atoms with E-state index in [2.05, 4.69) is 27.4 Å². The fourth-order valence-corrected chi connectivity index (χ4v) is 7.06. The summed E-state index contributed by atoms with van der Waals surface area (Å²) < 4.78 is 38.4. The molecule has 0 aliphatic carbocycles. The monoisotopic (exact) mass is 676 g/mol. The van der Waals surface area contributed by atoms with Crippen LogP contribution in [0.1, 0.15) is 60.5 Å². The smallest absolute Gasteiger partial charge is 0.352 e. The minimum atomic E-state index is -4.89. The van der Waals surface area contributed by atoms with E-state index in [1.54, 1.807) is 24.3 Å². The second-order valence-corrected chi connectivity index (χ2v) is 12.9. The molecule has 0 aromatic carbocycles. The fraction of sp³-hybridized carbons (Fsp3) is 0.586. The van der Waals surface area contributed by atoms with Gasteiger partial charge in [-0.3, -0.25) is 9.59 Å². The van der Waals surface area contributed by atoms with Crippen LogP contribution in [0, 0.1) is 6.92 Å². The van der Waals surface area contributed by atoms with Gasteiger partial charge in [0.2, 0.25) is 0 Å².